The lowest BCUT2D eigenvalue weighted by atomic mass is 9.84. The van der Waals surface area contributed by atoms with Crippen molar-refractivity contribution in [3.8, 4) is 11.8 Å². The number of carbonyl (C=O) groups excluding carboxylic acids is 3. The first-order valence-corrected chi connectivity index (χ1v) is 33.9. The van der Waals surface area contributed by atoms with Gasteiger partial charge in [-0.25, -0.2) is 57.2 Å². The molecule has 1 amide bonds. The van der Waals surface area contributed by atoms with E-state index >= 15 is 8.78 Å². The number of amides is 1. The SMILES string of the molecule is Brc1cnc(OCc2ncco2)cn1.COC(=O)[C@]12C[C@H]1[C@@](C)(c1cc(/C=C(/C)F)ccc1F)N=C(N(COCC[Si](C)(C)C)C(=O)OC(C)(C)C)S2.COC(=O)[C@]12C[C@H]1[C@@](C)(c1cc(/C=C(\F)c3cnc(OCc4ncco4)cn3)ccc1F)N=C(N)S2. The van der Waals surface area contributed by atoms with Gasteiger partial charge < -0.3 is 43.0 Å². The second-order valence-corrected chi connectivity index (χ2v) is 32.5. The van der Waals surface area contributed by atoms with E-state index in [-0.39, 0.29) is 58.9 Å². The third-order valence-corrected chi connectivity index (χ3v) is 19.3. The molecule has 4 aliphatic rings. The first-order chi connectivity index (χ1) is 42.0. The Labute approximate surface area is 529 Å². The maximum Gasteiger partial charge on any atom is 0.418 e. The van der Waals surface area contributed by atoms with Gasteiger partial charge in [0.05, 0.1) is 68.3 Å². The van der Waals surface area contributed by atoms with Gasteiger partial charge in [-0.05, 0) is 124 Å². The molecule has 4 aromatic heterocycles. The van der Waals surface area contributed by atoms with Crippen molar-refractivity contribution < 1.29 is 69.2 Å². The topological polar surface area (TPSA) is 264 Å². The van der Waals surface area contributed by atoms with Crippen molar-refractivity contribution in [1.29, 1.82) is 0 Å². The summed E-state index contributed by atoms with van der Waals surface area (Å²) in [6.07, 6.45) is 14.2. The van der Waals surface area contributed by atoms with Crippen LogP contribution in [0.25, 0.3) is 18.0 Å². The monoisotopic (exact) mass is 1350 g/mol. The van der Waals surface area contributed by atoms with Crippen LogP contribution in [0.3, 0.4) is 0 Å². The molecular formula is C60H67BrF4N10O11S2Si. The number of fused-ring (bicyclic) bond motifs is 2. The van der Waals surface area contributed by atoms with Gasteiger partial charge in [0.15, 0.2) is 29.4 Å². The van der Waals surface area contributed by atoms with Crippen molar-refractivity contribution in [2.75, 3.05) is 27.6 Å². The number of allylic oxidation sites excluding steroid dienone is 1. The summed E-state index contributed by atoms with van der Waals surface area (Å²) in [4.78, 5) is 73.4. The molecule has 10 rings (SSSR count). The lowest BCUT2D eigenvalue weighted by Crippen LogP contribution is -2.47. The molecule has 0 unspecified atom stereocenters. The third kappa shape index (κ3) is 16.5. The van der Waals surface area contributed by atoms with E-state index in [1.807, 2.05) is 0 Å². The number of benzene rings is 2. The average molecular weight is 1350 g/mol. The number of hydrogen-bond donors (Lipinski definition) is 1. The van der Waals surface area contributed by atoms with Gasteiger partial charge in [-0.2, -0.15) is 0 Å². The number of methoxy groups -OCH3 is 2. The van der Waals surface area contributed by atoms with Crippen LogP contribution in [0.1, 0.15) is 94.1 Å². The number of ether oxygens (including phenoxy) is 6. The summed E-state index contributed by atoms with van der Waals surface area (Å²) in [6.45, 7) is 17.3. The second-order valence-electron chi connectivity index (χ2n) is 23.4. The number of thioether (sulfide) groups is 2. The van der Waals surface area contributed by atoms with Crippen molar-refractivity contribution in [1.82, 2.24) is 34.8 Å². The minimum atomic E-state index is -1.39. The number of amidine groups is 2. The van der Waals surface area contributed by atoms with E-state index in [0.717, 1.165) is 29.6 Å². The summed E-state index contributed by atoms with van der Waals surface area (Å²) in [5, 5.41) is 0.351. The molecule has 89 heavy (non-hydrogen) atoms. The molecule has 2 saturated carbocycles. The van der Waals surface area contributed by atoms with Gasteiger partial charge in [-0.3, -0.25) is 19.6 Å². The van der Waals surface area contributed by atoms with E-state index < -0.39 is 81.5 Å². The van der Waals surface area contributed by atoms with Gasteiger partial charge in [0, 0.05) is 37.6 Å². The van der Waals surface area contributed by atoms with Crippen molar-refractivity contribution in [3.05, 3.63) is 148 Å². The quantitative estimate of drug-likeness (QED) is 0.0209. The first-order valence-electron chi connectivity index (χ1n) is 27.7. The Kier molecular flexibility index (Phi) is 21.0. The standard InChI is InChI=1S/C28H40F2N2O5SSi.C24H21F2N5O4S.C8H6BrN3O2/c1-18(29)14-19-10-11-21(30)20(15-19)27(5)22-16-28(22,23(33)35-6)38-24(31-27)32(25(34)37-26(2,3)4)17-36-12-13-39(7,8)9;1-23(18-9-24(18,21(32)33-2)36-22(27)31-23)14-7-13(3-4-15(14)25)8-16(26)17-10-30-19(11-29-17)35-12-20-28-5-6-34-20;9-6-3-12-7(4-11-6)14-5-8-10-1-2-13-8/h10-11,14-15,22H,12-13,16-17H2,1-9H3;3-8,10-11,18H,9,12H2,1-2H3,(H2,27,31);1-4H,5H2/b18-14-;16-8-;/t22-,27+,28-;18-,23+,24-;/m00./s1. The maximum absolute atomic E-state index is 15.4. The number of esters is 2. The highest BCUT2D eigenvalue weighted by Gasteiger charge is 2.73. The number of carbonyl (C=O) groups is 3. The number of nitrogens with zero attached hydrogens (tertiary/aromatic N) is 9. The molecule has 21 nitrogen and oxygen atoms in total. The normalized spacial score (nSPS) is 22.7. The van der Waals surface area contributed by atoms with E-state index in [0.29, 0.717) is 52.8 Å². The summed E-state index contributed by atoms with van der Waals surface area (Å²) < 4.78 is 100. The molecule has 0 saturated heterocycles. The van der Waals surface area contributed by atoms with Crippen LogP contribution in [-0.4, -0.2) is 114 Å². The molecule has 6 atom stereocenters. The summed E-state index contributed by atoms with van der Waals surface area (Å²) >= 11 is 5.43. The fraction of sp³-hybridized carbons (Fsp3) is 0.417. The lowest BCUT2D eigenvalue weighted by Gasteiger charge is -2.37. The highest BCUT2D eigenvalue weighted by Crippen LogP contribution is 2.68. The molecule has 0 bridgehead atoms. The molecular weight excluding hydrogens is 1280 g/mol. The lowest BCUT2D eigenvalue weighted by molar-refractivity contribution is -0.142. The number of aliphatic imine (C=N–C) groups is 2. The zero-order valence-electron chi connectivity index (χ0n) is 50.6. The number of oxazole rings is 2. The fourth-order valence-corrected chi connectivity index (χ4v) is 13.8. The predicted octanol–water partition coefficient (Wildman–Crippen LogP) is 12.6. The molecule has 2 aliphatic heterocycles. The molecule has 474 valence electrons. The zero-order chi connectivity index (χ0) is 64.7. The minimum absolute atomic E-state index is 0.0289. The van der Waals surface area contributed by atoms with Gasteiger partial charge in [-0.15, -0.1) is 0 Å². The van der Waals surface area contributed by atoms with Gasteiger partial charge in [0.25, 0.3) is 0 Å². The van der Waals surface area contributed by atoms with E-state index in [2.05, 4.69) is 70.5 Å². The Morgan fingerprint density at radius 1 is 0.764 bits per heavy atom. The number of aromatic nitrogens is 6. The van der Waals surface area contributed by atoms with Crippen molar-refractivity contribution >= 4 is 93.9 Å². The number of rotatable bonds is 18. The first kappa shape index (κ1) is 67.5. The third-order valence-electron chi connectivity index (χ3n) is 14.4. The van der Waals surface area contributed by atoms with Gasteiger partial charge in [-0.1, -0.05) is 55.3 Å². The van der Waals surface area contributed by atoms with Crippen molar-refractivity contribution in [2.45, 2.75) is 119 Å². The van der Waals surface area contributed by atoms with E-state index in [1.54, 1.807) is 47.0 Å². The number of hydrogen-bond acceptors (Lipinski definition) is 22. The Balaban J connectivity index is 0.000000189. The van der Waals surface area contributed by atoms with Crippen LogP contribution in [0.5, 0.6) is 11.8 Å². The van der Waals surface area contributed by atoms with E-state index in [1.165, 1.54) is 112 Å². The van der Waals surface area contributed by atoms with Crippen molar-refractivity contribution in [3.63, 3.8) is 0 Å². The molecule has 2 aromatic carbocycles. The molecule has 6 aromatic rings. The Bertz CT molecular complexity index is 3630. The van der Waals surface area contributed by atoms with E-state index in [9.17, 15) is 23.2 Å². The highest BCUT2D eigenvalue weighted by atomic mass is 79.9. The van der Waals surface area contributed by atoms with Crippen molar-refractivity contribution in [2.24, 2.45) is 27.6 Å². The van der Waals surface area contributed by atoms with Crippen LogP contribution < -0.4 is 15.2 Å². The highest BCUT2D eigenvalue weighted by molar-refractivity contribution is 9.10. The molecule has 2 fully saturated rings. The molecule has 2 aliphatic carbocycles. The average Bonchev–Trinajstić information content (AvgIpc) is 1.55. The Hall–Kier alpha value is -7.47. The van der Waals surface area contributed by atoms with Gasteiger partial charge in [0.1, 0.15) is 56.3 Å². The molecule has 0 spiro atoms. The molecule has 29 heteroatoms. The van der Waals surface area contributed by atoms with Crippen LogP contribution in [0.2, 0.25) is 25.7 Å². The molecule has 6 heterocycles. The van der Waals surface area contributed by atoms with Gasteiger partial charge >= 0.3 is 18.0 Å². The second kappa shape index (κ2) is 27.7. The maximum atomic E-state index is 15.4. The summed E-state index contributed by atoms with van der Waals surface area (Å²) in [7, 11) is 1.22. The number of halogens is 5. The fourth-order valence-electron chi connectivity index (χ4n) is 9.83. The summed E-state index contributed by atoms with van der Waals surface area (Å²) in [5.74, 6) is -2.31. The van der Waals surface area contributed by atoms with Crippen LogP contribution in [0.15, 0.2) is 115 Å². The van der Waals surface area contributed by atoms with Crippen LogP contribution in [0.4, 0.5) is 22.4 Å². The molecule has 0 radical (unpaired) electrons. The predicted molar refractivity (Wildman–Crippen MR) is 332 cm³/mol. The van der Waals surface area contributed by atoms with Gasteiger partial charge in [0.2, 0.25) is 23.5 Å². The van der Waals surface area contributed by atoms with E-state index in [4.69, 9.17) is 48.0 Å². The van der Waals surface area contributed by atoms with Crippen LogP contribution >= 0.6 is 39.5 Å². The minimum Gasteiger partial charge on any atom is -0.468 e. The summed E-state index contributed by atoms with van der Waals surface area (Å²) in [5.41, 5.74) is 4.10. The largest absolute Gasteiger partial charge is 0.468 e. The Morgan fingerprint density at radius 2 is 1.29 bits per heavy atom. The zero-order valence-corrected chi connectivity index (χ0v) is 54.9. The number of nitrogens with two attached hydrogens (primary N) is 1. The summed E-state index contributed by atoms with van der Waals surface area (Å²) in [6, 6.07) is 9.35. The Morgan fingerprint density at radius 3 is 1.76 bits per heavy atom. The van der Waals surface area contributed by atoms with Crippen LogP contribution in [-0.2, 0) is 52.8 Å². The smallest absolute Gasteiger partial charge is 0.418 e. The van der Waals surface area contributed by atoms with Crippen LogP contribution in [0, 0.1) is 23.5 Å². The molecule has 2 N–H and O–H groups in total.